The van der Waals surface area contributed by atoms with E-state index in [2.05, 4.69) is 26.1 Å². The molecular weight excluding hydrogens is 262 g/mol. The Morgan fingerprint density at radius 3 is 2.53 bits per heavy atom. The molecule has 1 saturated heterocycles. The van der Waals surface area contributed by atoms with Crippen molar-refractivity contribution in [3.63, 3.8) is 0 Å². The Labute approximate surface area is 118 Å². The summed E-state index contributed by atoms with van der Waals surface area (Å²) in [5.74, 6) is 0.611. The first-order valence-corrected chi connectivity index (χ1v) is 9.20. The van der Waals surface area contributed by atoms with E-state index in [1.807, 2.05) is 6.92 Å². The van der Waals surface area contributed by atoms with Gasteiger partial charge in [0, 0.05) is 12.6 Å². The fourth-order valence-electron chi connectivity index (χ4n) is 2.60. The van der Waals surface area contributed by atoms with Gasteiger partial charge in [0.25, 0.3) is 0 Å². The SMILES string of the molecule is CCCNC(CS(=O)(=O)C1CCOC1C)C(C)CC. The van der Waals surface area contributed by atoms with Crippen molar-refractivity contribution >= 4 is 9.84 Å². The lowest BCUT2D eigenvalue weighted by atomic mass is 10.0. The van der Waals surface area contributed by atoms with Gasteiger partial charge in [-0.2, -0.15) is 0 Å². The van der Waals surface area contributed by atoms with E-state index in [4.69, 9.17) is 4.74 Å². The first-order valence-electron chi connectivity index (χ1n) is 7.48. The molecule has 5 heteroatoms. The van der Waals surface area contributed by atoms with Gasteiger partial charge in [-0.3, -0.25) is 0 Å². The summed E-state index contributed by atoms with van der Waals surface area (Å²) in [6, 6.07) is 0.0581. The smallest absolute Gasteiger partial charge is 0.157 e. The average Bonchev–Trinajstić information content (AvgIpc) is 2.80. The van der Waals surface area contributed by atoms with E-state index in [-0.39, 0.29) is 23.1 Å². The van der Waals surface area contributed by atoms with Crippen LogP contribution in [-0.4, -0.2) is 44.7 Å². The first-order chi connectivity index (χ1) is 8.92. The molecule has 0 aromatic carbocycles. The first kappa shape index (κ1) is 16.9. The van der Waals surface area contributed by atoms with Crippen LogP contribution in [0, 0.1) is 5.92 Å². The van der Waals surface area contributed by atoms with Crippen LogP contribution in [0.4, 0.5) is 0 Å². The van der Waals surface area contributed by atoms with Gasteiger partial charge < -0.3 is 10.1 Å². The van der Waals surface area contributed by atoms with Crippen molar-refractivity contribution in [2.45, 2.75) is 64.4 Å². The number of sulfone groups is 1. The minimum absolute atomic E-state index is 0.0581. The summed E-state index contributed by atoms with van der Waals surface area (Å²) in [6.07, 6.45) is 2.50. The van der Waals surface area contributed by atoms with Crippen LogP contribution in [0.15, 0.2) is 0 Å². The van der Waals surface area contributed by atoms with E-state index in [0.29, 0.717) is 18.9 Å². The average molecular weight is 291 g/mol. The summed E-state index contributed by atoms with van der Waals surface area (Å²) in [5.41, 5.74) is 0. The Morgan fingerprint density at radius 1 is 1.37 bits per heavy atom. The molecule has 0 aromatic heterocycles. The predicted octanol–water partition coefficient (Wildman–Crippen LogP) is 1.99. The van der Waals surface area contributed by atoms with Crippen LogP contribution >= 0.6 is 0 Å². The lowest BCUT2D eigenvalue weighted by molar-refractivity contribution is 0.126. The highest BCUT2D eigenvalue weighted by Crippen LogP contribution is 2.23. The van der Waals surface area contributed by atoms with Gasteiger partial charge in [0.2, 0.25) is 0 Å². The molecule has 1 aliphatic rings. The van der Waals surface area contributed by atoms with Gasteiger partial charge >= 0.3 is 0 Å². The molecule has 19 heavy (non-hydrogen) atoms. The zero-order valence-corrected chi connectivity index (χ0v) is 13.5. The van der Waals surface area contributed by atoms with E-state index < -0.39 is 9.84 Å². The van der Waals surface area contributed by atoms with Gasteiger partial charge in [-0.25, -0.2) is 8.42 Å². The molecule has 0 amide bonds. The second-order valence-corrected chi connectivity index (χ2v) is 7.94. The number of ether oxygens (including phenoxy) is 1. The number of nitrogens with one attached hydrogen (secondary N) is 1. The van der Waals surface area contributed by atoms with Crippen molar-refractivity contribution in [3.05, 3.63) is 0 Å². The Kier molecular flexibility index (Phi) is 6.77. The molecule has 0 aromatic rings. The third-order valence-corrected chi connectivity index (χ3v) is 6.53. The molecule has 0 spiro atoms. The fraction of sp³-hybridized carbons (Fsp3) is 1.00. The quantitative estimate of drug-likeness (QED) is 0.743. The van der Waals surface area contributed by atoms with Crippen LogP contribution in [0.3, 0.4) is 0 Å². The van der Waals surface area contributed by atoms with Crippen molar-refractivity contribution < 1.29 is 13.2 Å². The summed E-state index contributed by atoms with van der Waals surface area (Å²) in [6.45, 7) is 9.65. The molecule has 0 bridgehead atoms. The number of hydrogen-bond donors (Lipinski definition) is 1. The van der Waals surface area contributed by atoms with E-state index in [0.717, 1.165) is 19.4 Å². The Bertz CT molecular complexity index is 356. The normalized spacial score (nSPS) is 27.4. The van der Waals surface area contributed by atoms with Crippen LogP contribution in [0.5, 0.6) is 0 Å². The van der Waals surface area contributed by atoms with E-state index in [9.17, 15) is 8.42 Å². The summed E-state index contributed by atoms with van der Waals surface area (Å²) in [7, 11) is -3.08. The molecule has 4 nitrogen and oxygen atoms in total. The van der Waals surface area contributed by atoms with Gasteiger partial charge in [0.1, 0.15) is 0 Å². The molecular formula is C14H29NO3S. The minimum Gasteiger partial charge on any atom is -0.377 e. The van der Waals surface area contributed by atoms with Crippen LogP contribution in [0.2, 0.25) is 0 Å². The zero-order chi connectivity index (χ0) is 14.5. The Morgan fingerprint density at radius 2 is 2.05 bits per heavy atom. The van der Waals surface area contributed by atoms with Crippen molar-refractivity contribution in [2.75, 3.05) is 18.9 Å². The number of rotatable bonds is 8. The maximum absolute atomic E-state index is 12.5. The topological polar surface area (TPSA) is 55.4 Å². The number of hydrogen-bond acceptors (Lipinski definition) is 4. The van der Waals surface area contributed by atoms with Crippen molar-refractivity contribution in [1.82, 2.24) is 5.32 Å². The fourth-order valence-corrected chi connectivity index (χ4v) is 4.91. The summed E-state index contributed by atoms with van der Waals surface area (Å²) >= 11 is 0. The minimum atomic E-state index is -3.08. The molecule has 1 aliphatic heterocycles. The van der Waals surface area contributed by atoms with Gasteiger partial charge in [-0.05, 0) is 32.2 Å². The lowest BCUT2D eigenvalue weighted by Gasteiger charge is -2.26. The maximum atomic E-state index is 12.5. The van der Waals surface area contributed by atoms with Crippen molar-refractivity contribution in [3.8, 4) is 0 Å². The standard InChI is InChI=1S/C14H29NO3S/c1-5-8-15-13(11(3)6-2)10-19(16,17)14-7-9-18-12(14)4/h11-15H,5-10H2,1-4H3. The largest absolute Gasteiger partial charge is 0.377 e. The molecule has 1 N–H and O–H groups in total. The molecule has 0 saturated carbocycles. The van der Waals surface area contributed by atoms with Gasteiger partial charge in [0.15, 0.2) is 9.84 Å². The molecule has 4 unspecified atom stereocenters. The van der Waals surface area contributed by atoms with Gasteiger partial charge in [0.05, 0.1) is 17.1 Å². The van der Waals surface area contributed by atoms with Crippen LogP contribution < -0.4 is 5.32 Å². The van der Waals surface area contributed by atoms with Gasteiger partial charge in [-0.15, -0.1) is 0 Å². The van der Waals surface area contributed by atoms with E-state index in [1.54, 1.807) is 0 Å². The van der Waals surface area contributed by atoms with E-state index >= 15 is 0 Å². The molecule has 1 heterocycles. The highest BCUT2D eigenvalue weighted by Gasteiger charge is 2.37. The van der Waals surface area contributed by atoms with Crippen molar-refractivity contribution in [2.24, 2.45) is 5.92 Å². The van der Waals surface area contributed by atoms with Crippen LogP contribution in [0.1, 0.15) is 47.0 Å². The van der Waals surface area contributed by atoms with Crippen LogP contribution in [-0.2, 0) is 14.6 Å². The second-order valence-electron chi connectivity index (χ2n) is 5.68. The second kappa shape index (κ2) is 7.60. The van der Waals surface area contributed by atoms with Gasteiger partial charge in [-0.1, -0.05) is 27.2 Å². The monoisotopic (exact) mass is 291 g/mol. The summed E-state index contributed by atoms with van der Waals surface area (Å²) < 4.78 is 30.4. The molecule has 114 valence electrons. The molecule has 0 aliphatic carbocycles. The molecule has 1 rings (SSSR count). The lowest BCUT2D eigenvalue weighted by Crippen LogP contribution is -2.44. The molecule has 4 atom stereocenters. The maximum Gasteiger partial charge on any atom is 0.157 e. The third-order valence-electron chi connectivity index (χ3n) is 4.17. The highest BCUT2D eigenvalue weighted by molar-refractivity contribution is 7.92. The third kappa shape index (κ3) is 4.72. The van der Waals surface area contributed by atoms with Crippen molar-refractivity contribution in [1.29, 1.82) is 0 Å². The highest BCUT2D eigenvalue weighted by atomic mass is 32.2. The molecule has 0 radical (unpaired) electrons. The summed E-state index contributed by atoms with van der Waals surface area (Å²) in [5, 5.41) is 3.08. The zero-order valence-electron chi connectivity index (χ0n) is 12.7. The Balaban J connectivity index is 2.70. The van der Waals surface area contributed by atoms with Crippen LogP contribution in [0.25, 0.3) is 0 Å². The predicted molar refractivity (Wildman–Crippen MR) is 79.1 cm³/mol. The van der Waals surface area contributed by atoms with E-state index in [1.165, 1.54) is 0 Å². The molecule has 1 fully saturated rings. The summed E-state index contributed by atoms with van der Waals surface area (Å²) in [4.78, 5) is 0. The Hall–Kier alpha value is -0.130.